The van der Waals surface area contributed by atoms with E-state index in [-0.39, 0.29) is 6.04 Å². The Balaban J connectivity index is 2.66. The minimum Gasteiger partial charge on any atom is -0.497 e. The number of benzene rings is 1. The average molecular weight is 269 g/mol. The van der Waals surface area contributed by atoms with Crippen LogP contribution in [0.3, 0.4) is 0 Å². The number of rotatable bonds is 7. The van der Waals surface area contributed by atoms with Crippen molar-refractivity contribution in [2.75, 3.05) is 19.1 Å². The SMILES string of the molecule is CCC(NC(C)CS(C)=O)c1ccc(OC)cc1. The summed E-state index contributed by atoms with van der Waals surface area (Å²) in [5.41, 5.74) is 1.24. The van der Waals surface area contributed by atoms with Gasteiger partial charge in [-0.05, 0) is 31.0 Å². The predicted octanol–water partition coefficient (Wildman–Crippen LogP) is 2.50. The van der Waals surface area contributed by atoms with E-state index in [0.717, 1.165) is 12.2 Å². The molecule has 0 aliphatic carbocycles. The highest BCUT2D eigenvalue weighted by Crippen LogP contribution is 2.20. The van der Waals surface area contributed by atoms with Crippen LogP contribution >= 0.6 is 0 Å². The van der Waals surface area contributed by atoms with E-state index in [1.54, 1.807) is 13.4 Å². The van der Waals surface area contributed by atoms with Crippen molar-refractivity contribution in [1.82, 2.24) is 5.32 Å². The van der Waals surface area contributed by atoms with Crippen LogP contribution in [0.1, 0.15) is 31.9 Å². The van der Waals surface area contributed by atoms with Crippen molar-refractivity contribution in [2.24, 2.45) is 0 Å². The van der Waals surface area contributed by atoms with Crippen LogP contribution in [0.5, 0.6) is 5.75 Å². The van der Waals surface area contributed by atoms with Crippen LogP contribution in [0.4, 0.5) is 0 Å². The minimum absolute atomic E-state index is 0.253. The first kappa shape index (κ1) is 15.2. The van der Waals surface area contributed by atoms with Crippen LogP contribution in [-0.4, -0.2) is 29.4 Å². The maximum absolute atomic E-state index is 11.2. The summed E-state index contributed by atoms with van der Waals surface area (Å²) in [5, 5.41) is 3.52. The molecule has 0 heterocycles. The molecule has 4 heteroatoms. The molecule has 0 spiro atoms. The summed E-state index contributed by atoms with van der Waals surface area (Å²) in [6.45, 7) is 4.23. The van der Waals surface area contributed by atoms with Crippen LogP contribution in [0.2, 0.25) is 0 Å². The molecule has 0 amide bonds. The Hall–Kier alpha value is -0.870. The van der Waals surface area contributed by atoms with Crippen LogP contribution in [0, 0.1) is 0 Å². The molecule has 1 aromatic carbocycles. The monoisotopic (exact) mass is 269 g/mol. The van der Waals surface area contributed by atoms with Gasteiger partial charge in [-0.25, -0.2) is 0 Å². The van der Waals surface area contributed by atoms with Gasteiger partial charge >= 0.3 is 0 Å². The molecule has 1 N–H and O–H groups in total. The molecule has 0 aliphatic heterocycles. The molecule has 3 atom stereocenters. The first-order valence-corrected chi connectivity index (χ1v) is 7.99. The zero-order chi connectivity index (χ0) is 13.5. The molecular formula is C14H23NO2S. The van der Waals surface area contributed by atoms with Gasteiger partial charge in [-0.2, -0.15) is 0 Å². The topological polar surface area (TPSA) is 38.3 Å². The number of methoxy groups -OCH3 is 1. The third-order valence-electron chi connectivity index (χ3n) is 2.90. The van der Waals surface area contributed by atoms with E-state index in [2.05, 4.69) is 31.3 Å². The van der Waals surface area contributed by atoms with E-state index in [4.69, 9.17) is 4.74 Å². The first-order valence-electron chi connectivity index (χ1n) is 6.26. The summed E-state index contributed by atoms with van der Waals surface area (Å²) in [6.07, 6.45) is 2.75. The maximum Gasteiger partial charge on any atom is 0.118 e. The zero-order valence-electron chi connectivity index (χ0n) is 11.6. The number of hydrogen-bond acceptors (Lipinski definition) is 3. The maximum atomic E-state index is 11.2. The van der Waals surface area contributed by atoms with E-state index in [1.807, 2.05) is 12.1 Å². The fourth-order valence-electron chi connectivity index (χ4n) is 2.03. The van der Waals surface area contributed by atoms with Crippen LogP contribution in [-0.2, 0) is 10.8 Å². The van der Waals surface area contributed by atoms with Gasteiger partial charge in [0.1, 0.15) is 5.75 Å². The second kappa shape index (κ2) is 7.54. The molecule has 0 saturated heterocycles. The van der Waals surface area contributed by atoms with Gasteiger partial charge in [-0.1, -0.05) is 19.1 Å². The van der Waals surface area contributed by atoms with E-state index in [9.17, 15) is 4.21 Å². The second-order valence-corrected chi connectivity index (χ2v) is 6.02. The Morgan fingerprint density at radius 1 is 1.33 bits per heavy atom. The highest BCUT2D eigenvalue weighted by molar-refractivity contribution is 7.84. The molecule has 3 nitrogen and oxygen atoms in total. The quantitative estimate of drug-likeness (QED) is 0.826. The van der Waals surface area contributed by atoms with Crippen molar-refractivity contribution in [2.45, 2.75) is 32.4 Å². The van der Waals surface area contributed by atoms with E-state index in [1.165, 1.54) is 5.56 Å². The Morgan fingerprint density at radius 3 is 2.39 bits per heavy atom. The van der Waals surface area contributed by atoms with E-state index >= 15 is 0 Å². The fraction of sp³-hybridized carbons (Fsp3) is 0.571. The lowest BCUT2D eigenvalue weighted by Crippen LogP contribution is -2.34. The lowest BCUT2D eigenvalue weighted by atomic mass is 10.0. The molecule has 0 bridgehead atoms. The molecule has 1 aromatic rings. The van der Waals surface area contributed by atoms with Gasteiger partial charge in [0, 0.05) is 34.9 Å². The standard InChI is InChI=1S/C14H23NO2S/c1-5-14(15-11(2)10-18(4)16)12-6-8-13(17-3)9-7-12/h6-9,11,14-15H,5,10H2,1-4H3. The third-order valence-corrected chi connectivity index (χ3v) is 3.87. The lowest BCUT2D eigenvalue weighted by molar-refractivity contribution is 0.413. The van der Waals surface area contributed by atoms with Gasteiger partial charge in [-0.15, -0.1) is 0 Å². The van der Waals surface area contributed by atoms with Gasteiger partial charge < -0.3 is 10.1 Å². The summed E-state index contributed by atoms with van der Waals surface area (Å²) in [5.74, 6) is 1.56. The first-order chi connectivity index (χ1) is 8.56. The van der Waals surface area contributed by atoms with Crippen molar-refractivity contribution in [3.8, 4) is 5.75 Å². The predicted molar refractivity (Wildman–Crippen MR) is 77.6 cm³/mol. The lowest BCUT2D eigenvalue weighted by Gasteiger charge is -2.22. The van der Waals surface area contributed by atoms with Crippen molar-refractivity contribution >= 4 is 10.8 Å². The molecule has 102 valence electrons. The molecule has 0 fully saturated rings. The number of nitrogens with one attached hydrogen (secondary N) is 1. The molecule has 0 aromatic heterocycles. The average Bonchev–Trinajstić information content (AvgIpc) is 2.35. The van der Waals surface area contributed by atoms with Crippen molar-refractivity contribution < 1.29 is 8.95 Å². The molecule has 1 rings (SSSR count). The Kier molecular flexibility index (Phi) is 6.36. The van der Waals surface area contributed by atoms with E-state index in [0.29, 0.717) is 11.8 Å². The van der Waals surface area contributed by atoms with Crippen molar-refractivity contribution in [3.05, 3.63) is 29.8 Å². The van der Waals surface area contributed by atoms with Crippen LogP contribution in [0.25, 0.3) is 0 Å². The summed E-state index contributed by atoms with van der Waals surface area (Å²) in [7, 11) is 0.912. The molecule has 0 radical (unpaired) electrons. The van der Waals surface area contributed by atoms with Gasteiger partial charge in [0.25, 0.3) is 0 Å². The van der Waals surface area contributed by atoms with Gasteiger partial charge in [-0.3, -0.25) is 4.21 Å². The van der Waals surface area contributed by atoms with Gasteiger partial charge in [0.15, 0.2) is 0 Å². The van der Waals surface area contributed by atoms with Crippen molar-refractivity contribution in [1.29, 1.82) is 0 Å². The minimum atomic E-state index is -0.758. The summed E-state index contributed by atoms with van der Waals surface area (Å²) in [4.78, 5) is 0. The molecule has 18 heavy (non-hydrogen) atoms. The Morgan fingerprint density at radius 2 is 1.94 bits per heavy atom. The molecule has 0 aliphatic rings. The largest absolute Gasteiger partial charge is 0.497 e. The third kappa shape index (κ3) is 4.78. The highest BCUT2D eigenvalue weighted by atomic mass is 32.2. The van der Waals surface area contributed by atoms with Gasteiger partial charge in [0.05, 0.1) is 7.11 Å². The van der Waals surface area contributed by atoms with Gasteiger partial charge in [0.2, 0.25) is 0 Å². The highest BCUT2D eigenvalue weighted by Gasteiger charge is 2.13. The zero-order valence-corrected chi connectivity index (χ0v) is 12.4. The van der Waals surface area contributed by atoms with Crippen molar-refractivity contribution in [3.63, 3.8) is 0 Å². The summed E-state index contributed by atoms with van der Waals surface area (Å²) < 4.78 is 16.4. The molecule has 3 unspecified atom stereocenters. The Labute approximate surface area is 112 Å². The fourth-order valence-corrected chi connectivity index (χ4v) is 2.83. The van der Waals surface area contributed by atoms with Crippen LogP contribution in [0.15, 0.2) is 24.3 Å². The molecule has 0 saturated carbocycles. The summed E-state index contributed by atoms with van der Waals surface area (Å²) >= 11 is 0. The number of ether oxygens (including phenoxy) is 1. The Bertz CT molecular complexity index is 378. The summed E-state index contributed by atoms with van der Waals surface area (Å²) in [6, 6.07) is 8.66. The second-order valence-electron chi connectivity index (χ2n) is 4.54. The van der Waals surface area contributed by atoms with E-state index < -0.39 is 10.8 Å². The smallest absolute Gasteiger partial charge is 0.118 e. The normalized spacial score (nSPS) is 16.0. The number of hydrogen-bond donors (Lipinski definition) is 1. The molecular weight excluding hydrogens is 246 g/mol. The van der Waals surface area contributed by atoms with Crippen LogP contribution < -0.4 is 10.1 Å².